The molecule has 0 saturated carbocycles. The normalized spacial score (nSPS) is 20.4. The monoisotopic (exact) mass is 262 g/mol. The third-order valence-electron chi connectivity index (χ3n) is 3.85. The molecule has 0 radical (unpaired) electrons. The lowest BCUT2D eigenvalue weighted by Gasteiger charge is -2.33. The summed E-state index contributed by atoms with van der Waals surface area (Å²) in [5.74, 6) is 0.960. The fourth-order valence-corrected chi connectivity index (χ4v) is 2.83. The lowest BCUT2D eigenvalue weighted by atomic mass is 10.0. The Kier molecular flexibility index (Phi) is 5.67. The van der Waals surface area contributed by atoms with Gasteiger partial charge in [-0.15, -0.1) is 0 Å². The number of benzene rings is 1. The summed E-state index contributed by atoms with van der Waals surface area (Å²) in [7, 11) is 1.73. The van der Waals surface area contributed by atoms with Crippen LogP contribution in [-0.4, -0.2) is 44.2 Å². The summed E-state index contributed by atoms with van der Waals surface area (Å²) in [6, 6.07) is 9.10. The Bertz CT molecular complexity index is 379. The van der Waals surface area contributed by atoms with Gasteiger partial charge in [0.25, 0.3) is 0 Å². The second kappa shape index (κ2) is 7.51. The lowest BCUT2D eigenvalue weighted by molar-refractivity contribution is 0.194. The molecule has 0 spiro atoms. The van der Waals surface area contributed by atoms with Crippen molar-refractivity contribution in [2.75, 3.05) is 33.3 Å². The standard InChI is InChI=1S/C16H26N2O/c1-3-17-15-7-5-10-18(13-15)11-9-14-6-4-8-16(12-14)19-2/h4,6,8,12,15,17H,3,5,7,9-11,13H2,1-2H3. The second-order valence-corrected chi connectivity index (χ2v) is 5.30. The molecule has 1 saturated heterocycles. The number of nitrogens with zero attached hydrogens (tertiary/aromatic N) is 1. The molecule has 0 aromatic heterocycles. The van der Waals surface area contributed by atoms with Crippen LogP contribution in [0, 0.1) is 0 Å². The third kappa shape index (κ3) is 4.51. The lowest BCUT2D eigenvalue weighted by Crippen LogP contribution is -2.46. The maximum atomic E-state index is 5.27. The first kappa shape index (κ1) is 14.4. The third-order valence-corrected chi connectivity index (χ3v) is 3.85. The zero-order valence-corrected chi connectivity index (χ0v) is 12.2. The van der Waals surface area contributed by atoms with E-state index in [0.717, 1.165) is 25.3 Å². The molecule has 0 amide bonds. The van der Waals surface area contributed by atoms with Crippen molar-refractivity contribution in [3.8, 4) is 5.75 Å². The molecule has 106 valence electrons. The predicted molar refractivity (Wildman–Crippen MR) is 79.8 cm³/mol. The van der Waals surface area contributed by atoms with Crippen molar-refractivity contribution in [1.82, 2.24) is 10.2 Å². The SMILES string of the molecule is CCNC1CCCN(CCc2cccc(OC)c2)C1. The van der Waals surface area contributed by atoms with Crippen LogP contribution in [0.2, 0.25) is 0 Å². The summed E-state index contributed by atoms with van der Waals surface area (Å²) in [5, 5.41) is 3.57. The van der Waals surface area contributed by atoms with Crippen LogP contribution < -0.4 is 10.1 Å². The zero-order chi connectivity index (χ0) is 13.5. The molecular formula is C16H26N2O. The summed E-state index contributed by atoms with van der Waals surface area (Å²) in [6.45, 7) is 6.85. The number of likely N-dealkylation sites (N-methyl/N-ethyl adjacent to an activating group) is 1. The van der Waals surface area contributed by atoms with E-state index in [1.807, 2.05) is 6.07 Å². The average Bonchev–Trinajstić information content (AvgIpc) is 2.46. The van der Waals surface area contributed by atoms with Gasteiger partial charge in [-0.3, -0.25) is 0 Å². The van der Waals surface area contributed by atoms with Crippen LogP contribution in [-0.2, 0) is 6.42 Å². The van der Waals surface area contributed by atoms with Crippen LogP contribution in [0.15, 0.2) is 24.3 Å². The minimum Gasteiger partial charge on any atom is -0.497 e. The first-order valence-electron chi connectivity index (χ1n) is 7.40. The van der Waals surface area contributed by atoms with Crippen LogP contribution in [0.3, 0.4) is 0 Å². The Labute approximate surface area is 116 Å². The first-order valence-corrected chi connectivity index (χ1v) is 7.40. The Morgan fingerprint density at radius 2 is 2.32 bits per heavy atom. The summed E-state index contributed by atoms with van der Waals surface area (Å²) in [4.78, 5) is 2.58. The van der Waals surface area contributed by atoms with Crippen molar-refractivity contribution in [1.29, 1.82) is 0 Å². The van der Waals surface area contributed by atoms with Gasteiger partial charge < -0.3 is 15.0 Å². The van der Waals surface area contributed by atoms with Gasteiger partial charge >= 0.3 is 0 Å². The van der Waals surface area contributed by atoms with Crippen LogP contribution in [0.4, 0.5) is 0 Å². The molecule has 1 aromatic rings. The van der Waals surface area contributed by atoms with Crippen molar-refractivity contribution in [3.05, 3.63) is 29.8 Å². The highest BCUT2D eigenvalue weighted by Crippen LogP contribution is 2.15. The maximum absolute atomic E-state index is 5.27. The van der Waals surface area contributed by atoms with Gasteiger partial charge in [0.15, 0.2) is 0 Å². The summed E-state index contributed by atoms with van der Waals surface area (Å²) >= 11 is 0. The quantitative estimate of drug-likeness (QED) is 0.851. The number of hydrogen-bond acceptors (Lipinski definition) is 3. The minimum absolute atomic E-state index is 0.684. The van der Waals surface area contributed by atoms with E-state index >= 15 is 0 Å². The van der Waals surface area contributed by atoms with Crippen LogP contribution in [0.25, 0.3) is 0 Å². The van der Waals surface area contributed by atoms with Crippen molar-refractivity contribution in [2.24, 2.45) is 0 Å². The molecule has 0 bridgehead atoms. The topological polar surface area (TPSA) is 24.5 Å². The van der Waals surface area contributed by atoms with Crippen molar-refractivity contribution in [2.45, 2.75) is 32.2 Å². The first-order chi connectivity index (χ1) is 9.31. The highest BCUT2D eigenvalue weighted by Gasteiger charge is 2.18. The van der Waals surface area contributed by atoms with Crippen LogP contribution >= 0.6 is 0 Å². The molecule has 1 fully saturated rings. The van der Waals surface area contributed by atoms with Gasteiger partial charge in [0.05, 0.1) is 7.11 Å². The predicted octanol–water partition coefficient (Wildman–Crippen LogP) is 2.31. The average molecular weight is 262 g/mol. The largest absolute Gasteiger partial charge is 0.497 e. The highest BCUT2D eigenvalue weighted by molar-refractivity contribution is 5.28. The Morgan fingerprint density at radius 3 is 3.11 bits per heavy atom. The molecule has 1 aliphatic rings. The molecule has 1 aromatic carbocycles. The number of likely N-dealkylation sites (tertiary alicyclic amines) is 1. The van der Waals surface area contributed by atoms with Gasteiger partial charge in [-0.25, -0.2) is 0 Å². The van der Waals surface area contributed by atoms with Crippen molar-refractivity contribution >= 4 is 0 Å². The van der Waals surface area contributed by atoms with E-state index in [-0.39, 0.29) is 0 Å². The molecule has 3 heteroatoms. The summed E-state index contributed by atoms with van der Waals surface area (Å²) < 4.78 is 5.27. The molecule has 19 heavy (non-hydrogen) atoms. The molecule has 2 rings (SSSR count). The molecule has 1 heterocycles. The molecule has 3 nitrogen and oxygen atoms in total. The molecule has 1 aliphatic heterocycles. The fraction of sp³-hybridized carbons (Fsp3) is 0.625. The Hall–Kier alpha value is -1.06. The van der Waals surface area contributed by atoms with Crippen LogP contribution in [0.1, 0.15) is 25.3 Å². The molecule has 1 atom stereocenters. The smallest absolute Gasteiger partial charge is 0.119 e. The van der Waals surface area contributed by atoms with Crippen LogP contribution in [0.5, 0.6) is 5.75 Å². The number of methoxy groups -OCH3 is 1. The van der Waals surface area contributed by atoms with Gasteiger partial charge in [-0.05, 0) is 50.0 Å². The number of ether oxygens (including phenoxy) is 1. The summed E-state index contributed by atoms with van der Waals surface area (Å²) in [5.41, 5.74) is 1.37. The molecule has 0 aliphatic carbocycles. The van der Waals surface area contributed by atoms with E-state index in [1.54, 1.807) is 7.11 Å². The van der Waals surface area contributed by atoms with Gasteiger partial charge in [0.1, 0.15) is 5.75 Å². The van der Waals surface area contributed by atoms with Gasteiger partial charge in [0.2, 0.25) is 0 Å². The number of nitrogens with one attached hydrogen (secondary N) is 1. The number of rotatable bonds is 6. The fourth-order valence-electron chi connectivity index (χ4n) is 2.83. The van der Waals surface area contributed by atoms with E-state index in [0.29, 0.717) is 6.04 Å². The molecule has 1 N–H and O–H groups in total. The minimum atomic E-state index is 0.684. The Morgan fingerprint density at radius 1 is 1.42 bits per heavy atom. The van der Waals surface area contributed by atoms with Gasteiger partial charge in [-0.2, -0.15) is 0 Å². The number of piperidine rings is 1. The summed E-state index contributed by atoms with van der Waals surface area (Å²) in [6.07, 6.45) is 3.75. The highest BCUT2D eigenvalue weighted by atomic mass is 16.5. The molecular weight excluding hydrogens is 236 g/mol. The van der Waals surface area contributed by atoms with Crippen molar-refractivity contribution in [3.63, 3.8) is 0 Å². The maximum Gasteiger partial charge on any atom is 0.119 e. The second-order valence-electron chi connectivity index (χ2n) is 5.30. The van der Waals surface area contributed by atoms with Gasteiger partial charge in [-0.1, -0.05) is 19.1 Å². The van der Waals surface area contributed by atoms with E-state index in [2.05, 4.69) is 35.3 Å². The zero-order valence-electron chi connectivity index (χ0n) is 12.2. The van der Waals surface area contributed by atoms with E-state index < -0.39 is 0 Å². The van der Waals surface area contributed by atoms with Gasteiger partial charge in [0, 0.05) is 19.1 Å². The van der Waals surface area contributed by atoms with E-state index in [4.69, 9.17) is 4.74 Å². The van der Waals surface area contributed by atoms with Crippen molar-refractivity contribution < 1.29 is 4.74 Å². The number of hydrogen-bond donors (Lipinski definition) is 1. The molecule has 1 unspecified atom stereocenters. The van der Waals surface area contributed by atoms with E-state index in [9.17, 15) is 0 Å². The Balaban J connectivity index is 1.80. The van der Waals surface area contributed by atoms with E-state index in [1.165, 1.54) is 31.5 Å².